The van der Waals surface area contributed by atoms with Crippen LogP contribution in [0.1, 0.15) is 107 Å². The molecule has 0 spiro atoms. The van der Waals surface area contributed by atoms with E-state index in [9.17, 15) is 4.79 Å². The zero-order chi connectivity index (χ0) is 25.5. The van der Waals surface area contributed by atoms with Gasteiger partial charge in [-0.1, -0.05) is 139 Å². The van der Waals surface area contributed by atoms with Gasteiger partial charge in [-0.2, -0.15) is 0 Å². The minimum Gasteiger partial charge on any atom is -0.290 e. The second-order valence-electron chi connectivity index (χ2n) is 11.2. The monoisotopic (exact) mass is 514 g/mol. The Morgan fingerprint density at radius 2 is 0.838 bits per heavy atom. The predicted octanol–water partition coefficient (Wildman–Crippen LogP) is 10.4. The first-order valence-electron chi connectivity index (χ1n) is 15.1. The van der Waals surface area contributed by atoms with Gasteiger partial charge in [-0.3, -0.25) is 4.79 Å². The van der Waals surface area contributed by atoms with Crippen LogP contribution < -0.4 is 0 Å². The normalized spacial score (nSPS) is 20.2. The largest absolute Gasteiger partial charge is 0.290 e. The molecule has 0 atom stereocenters. The lowest BCUT2D eigenvalue weighted by atomic mass is 9.99. The number of benzene rings is 2. The standard InChI is InChI=1S/C18H33P.C17H14O/c1-4-10-16(11-5-1)19(17-12-6-2-7-13-17)18-14-8-3-9-15-18;18-17(13-11-15-7-3-1-4-8-15)14-12-16-9-5-2-6-10-16/h16-18H,1-15H2;1-14H. The average Bonchev–Trinajstić information content (AvgIpc) is 2.98. The van der Waals surface area contributed by atoms with E-state index in [4.69, 9.17) is 0 Å². The topological polar surface area (TPSA) is 17.1 Å². The summed E-state index contributed by atoms with van der Waals surface area (Å²) in [7, 11) is 0.385. The van der Waals surface area contributed by atoms with Crippen LogP contribution in [0.3, 0.4) is 0 Å². The summed E-state index contributed by atoms with van der Waals surface area (Å²) in [5.41, 5.74) is 5.62. The van der Waals surface area contributed by atoms with Gasteiger partial charge in [0.15, 0.2) is 5.78 Å². The highest BCUT2D eigenvalue weighted by Gasteiger charge is 2.36. The molecule has 0 amide bonds. The Balaban J connectivity index is 0.000000173. The van der Waals surface area contributed by atoms with Crippen molar-refractivity contribution in [1.82, 2.24) is 0 Å². The highest BCUT2D eigenvalue weighted by Crippen LogP contribution is 2.61. The minimum absolute atomic E-state index is 0.0114. The summed E-state index contributed by atoms with van der Waals surface area (Å²) in [4.78, 5) is 11.6. The molecule has 2 aromatic carbocycles. The highest BCUT2D eigenvalue weighted by atomic mass is 31.1. The van der Waals surface area contributed by atoms with Crippen LogP contribution in [0.4, 0.5) is 0 Å². The van der Waals surface area contributed by atoms with E-state index in [0.717, 1.165) is 11.1 Å². The minimum atomic E-state index is -0.0114. The molecule has 3 saturated carbocycles. The SMILES string of the molecule is C1CCC(P(C2CCCCC2)C2CCCCC2)CC1.O=C(C=Cc1ccccc1)C=Cc1ccccc1. The molecule has 5 rings (SSSR count). The fraction of sp³-hybridized carbons (Fsp3) is 0.514. The van der Waals surface area contributed by atoms with Gasteiger partial charge in [0.2, 0.25) is 0 Å². The molecule has 0 bridgehead atoms. The molecule has 2 aromatic rings. The van der Waals surface area contributed by atoms with Crippen molar-refractivity contribution in [3.8, 4) is 0 Å². The molecule has 3 aliphatic carbocycles. The fourth-order valence-corrected chi connectivity index (χ4v) is 11.2. The third-order valence-electron chi connectivity index (χ3n) is 8.47. The predicted molar refractivity (Wildman–Crippen MR) is 163 cm³/mol. The smallest absolute Gasteiger partial charge is 0.178 e. The first kappa shape index (κ1) is 28.0. The van der Waals surface area contributed by atoms with E-state index in [-0.39, 0.29) is 5.78 Å². The van der Waals surface area contributed by atoms with Crippen molar-refractivity contribution in [2.75, 3.05) is 0 Å². The maximum atomic E-state index is 11.6. The van der Waals surface area contributed by atoms with Crippen molar-refractivity contribution in [2.45, 2.75) is 113 Å². The van der Waals surface area contributed by atoms with Gasteiger partial charge in [0.1, 0.15) is 0 Å². The van der Waals surface area contributed by atoms with Crippen LogP contribution in [-0.2, 0) is 4.79 Å². The van der Waals surface area contributed by atoms with Gasteiger partial charge < -0.3 is 0 Å². The molecular formula is C35H47OP. The quantitative estimate of drug-likeness (QED) is 0.265. The Bertz CT molecular complexity index is 851. The molecule has 198 valence electrons. The number of allylic oxidation sites excluding steroid dienone is 2. The molecular weight excluding hydrogens is 467 g/mol. The van der Waals surface area contributed by atoms with Crippen LogP contribution in [0, 0.1) is 0 Å². The van der Waals surface area contributed by atoms with Crippen LogP contribution in [0.2, 0.25) is 0 Å². The molecule has 0 radical (unpaired) electrons. The van der Waals surface area contributed by atoms with Crippen molar-refractivity contribution in [1.29, 1.82) is 0 Å². The summed E-state index contributed by atoms with van der Waals surface area (Å²) in [6, 6.07) is 19.6. The Labute approximate surface area is 227 Å². The van der Waals surface area contributed by atoms with Crippen LogP contribution in [0.5, 0.6) is 0 Å². The van der Waals surface area contributed by atoms with E-state index in [2.05, 4.69) is 0 Å². The second kappa shape index (κ2) is 16.1. The van der Waals surface area contributed by atoms with E-state index in [1.165, 1.54) is 36.2 Å². The number of carbonyl (C=O) groups is 1. The van der Waals surface area contributed by atoms with Gasteiger partial charge in [0.05, 0.1) is 0 Å². The van der Waals surface area contributed by atoms with E-state index >= 15 is 0 Å². The Hall–Kier alpha value is -1.98. The molecule has 1 nitrogen and oxygen atoms in total. The van der Waals surface area contributed by atoms with Gasteiger partial charge in [0.25, 0.3) is 0 Å². The maximum absolute atomic E-state index is 11.6. The molecule has 0 saturated heterocycles. The van der Waals surface area contributed by atoms with Crippen LogP contribution in [0.25, 0.3) is 12.2 Å². The summed E-state index contributed by atoms with van der Waals surface area (Å²) < 4.78 is 0. The number of carbonyl (C=O) groups excluding carboxylic acids is 1. The summed E-state index contributed by atoms with van der Waals surface area (Å²) >= 11 is 0. The molecule has 2 heteroatoms. The third kappa shape index (κ3) is 9.68. The summed E-state index contributed by atoms with van der Waals surface area (Å²) in [5.74, 6) is -0.0114. The molecule has 3 fully saturated rings. The lowest BCUT2D eigenvalue weighted by Crippen LogP contribution is -2.28. The number of ketones is 1. The molecule has 0 heterocycles. The van der Waals surface area contributed by atoms with Crippen molar-refractivity contribution in [2.24, 2.45) is 0 Å². The Kier molecular flexibility index (Phi) is 12.2. The van der Waals surface area contributed by atoms with Gasteiger partial charge in [-0.25, -0.2) is 0 Å². The summed E-state index contributed by atoms with van der Waals surface area (Å²) in [6.07, 6.45) is 30.4. The highest BCUT2D eigenvalue weighted by molar-refractivity contribution is 7.60. The molecule has 0 N–H and O–H groups in total. The zero-order valence-electron chi connectivity index (χ0n) is 22.8. The first-order chi connectivity index (χ1) is 18.3. The molecule has 0 unspecified atom stereocenters. The summed E-state index contributed by atoms with van der Waals surface area (Å²) in [5, 5.41) is 0. The lowest BCUT2D eigenvalue weighted by Gasteiger charge is -2.44. The van der Waals surface area contributed by atoms with Gasteiger partial charge >= 0.3 is 0 Å². The van der Waals surface area contributed by atoms with Crippen LogP contribution >= 0.6 is 7.92 Å². The van der Waals surface area contributed by atoms with Gasteiger partial charge in [-0.05, 0) is 78.8 Å². The first-order valence-corrected chi connectivity index (χ1v) is 16.6. The number of hydrogen-bond acceptors (Lipinski definition) is 1. The Morgan fingerprint density at radius 3 is 1.16 bits per heavy atom. The summed E-state index contributed by atoms with van der Waals surface area (Å²) in [6.45, 7) is 0. The number of rotatable bonds is 7. The lowest BCUT2D eigenvalue weighted by molar-refractivity contribution is -0.110. The Morgan fingerprint density at radius 1 is 0.514 bits per heavy atom. The fourth-order valence-electron chi connectivity index (χ4n) is 6.57. The van der Waals surface area contributed by atoms with Crippen molar-refractivity contribution < 1.29 is 4.79 Å². The number of hydrogen-bond donors (Lipinski definition) is 0. The van der Waals surface area contributed by atoms with Crippen molar-refractivity contribution in [3.05, 3.63) is 83.9 Å². The van der Waals surface area contributed by atoms with E-state index in [1.54, 1.807) is 89.2 Å². The van der Waals surface area contributed by atoms with Crippen molar-refractivity contribution in [3.63, 3.8) is 0 Å². The van der Waals surface area contributed by atoms with Crippen LogP contribution in [0.15, 0.2) is 72.8 Å². The molecule has 3 aliphatic rings. The van der Waals surface area contributed by atoms with E-state index in [1.807, 2.05) is 72.8 Å². The van der Waals surface area contributed by atoms with Crippen molar-refractivity contribution >= 4 is 25.9 Å². The zero-order valence-corrected chi connectivity index (χ0v) is 23.7. The van der Waals surface area contributed by atoms with E-state index in [0.29, 0.717) is 7.92 Å². The van der Waals surface area contributed by atoms with Gasteiger partial charge in [-0.15, -0.1) is 0 Å². The maximum Gasteiger partial charge on any atom is 0.178 e. The van der Waals surface area contributed by atoms with E-state index < -0.39 is 0 Å². The average molecular weight is 515 g/mol. The molecule has 0 aromatic heterocycles. The van der Waals surface area contributed by atoms with Gasteiger partial charge in [0, 0.05) is 0 Å². The molecule has 0 aliphatic heterocycles. The second-order valence-corrected chi connectivity index (χ2v) is 14.3. The third-order valence-corrected chi connectivity index (χ3v) is 12.5. The van der Waals surface area contributed by atoms with Crippen LogP contribution in [-0.4, -0.2) is 22.8 Å². The molecule has 37 heavy (non-hydrogen) atoms.